The summed E-state index contributed by atoms with van der Waals surface area (Å²) in [6.45, 7) is 4.77. The highest BCUT2D eigenvalue weighted by Gasteiger charge is 2.09. The fourth-order valence-electron chi connectivity index (χ4n) is 2.49. The van der Waals surface area contributed by atoms with Gasteiger partial charge in [-0.25, -0.2) is 0 Å². The molecule has 0 unspecified atom stereocenters. The molecule has 6 heteroatoms. The molecule has 0 atom stereocenters. The van der Waals surface area contributed by atoms with E-state index in [0.29, 0.717) is 34.5 Å². The lowest BCUT2D eigenvalue weighted by Crippen LogP contribution is -2.07. The number of aryl methyl sites for hydroxylation is 1. The third-order valence-electron chi connectivity index (χ3n) is 3.94. The first-order chi connectivity index (χ1) is 12.6. The van der Waals surface area contributed by atoms with Gasteiger partial charge in [0, 0.05) is 23.3 Å². The molecule has 5 nitrogen and oxygen atoms in total. The third-order valence-corrected chi connectivity index (χ3v) is 4.35. The van der Waals surface area contributed by atoms with Gasteiger partial charge >= 0.3 is 0 Å². The molecule has 0 spiro atoms. The topological polar surface area (TPSA) is 57.3 Å². The molecular weight excluding hydrogens is 352 g/mol. The lowest BCUT2D eigenvalue weighted by atomic mass is 10.2. The molecule has 1 aromatic carbocycles. The Morgan fingerprint density at radius 1 is 1.31 bits per heavy atom. The summed E-state index contributed by atoms with van der Waals surface area (Å²) in [4.78, 5) is 12.2. The predicted molar refractivity (Wildman–Crippen MR) is 100 cm³/mol. The number of allylic oxidation sites excluding steroid dienone is 1. The Balaban J connectivity index is 1.63. The molecule has 2 heterocycles. The number of hydrogen-bond acceptors (Lipinski definition) is 4. The van der Waals surface area contributed by atoms with E-state index < -0.39 is 0 Å². The van der Waals surface area contributed by atoms with Crippen LogP contribution in [0.5, 0.6) is 5.75 Å². The lowest BCUT2D eigenvalue weighted by Gasteiger charge is -2.08. The monoisotopic (exact) mass is 370 g/mol. The van der Waals surface area contributed by atoms with E-state index in [2.05, 4.69) is 5.10 Å². The molecule has 3 rings (SSSR count). The van der Waals surface area contributed by atoms with Crippen LogP contribution in [0, 0.1) is 6.92 Å². The number of hydrogen-bond donors (Lipinski definition) is 0. The van der Waals surface area contributed by atoms with Gasteiger partial charge in [-0.2, -0.15) is 5.10 Å². The number of nitrogens with zero attached hydrogens (tertiary/aromatic N) is 2. The molecule has 0 aliphatic heterocycles. The van der Waals surface area contributed by atoms with Crippen molar-refractivity contribution in [2.45, 2.75) is 27.0 Å². The van der Waals surface area contributed by atoms with Crippen LogP contribution in [0.15, 0.2) is 53.1 Å². The molecular formula is C20H19ClN2O3. The van der Waals surface area contributed by atoms with Gasteiger partial charge in [0.2, 0.25) is 5.78 Å². The fraction of sp³-hybridized carbons (Fsp3) is 0.200. The summed E-state index contributed by atoms with van der Waals surface area (Å²) in [7, 11) is 0. The summed E-state index contributed by atoms with van der Waals surface area (Å²) in [6, 6.07) is 10.8. The van der Waals surface area contributed by atoms with Crippen LogP contribution in [0.25, 0.3) is 6.08 Å². The Bertz CT molecular complexity index is 940. The van der Waals surface area contributed by atoms with E-state index in [1.54, 1.807) is 29.1 Å². The maximum absolute atomic E-state index is 12.2. The fourth-order valence-corrected chi connectivity index (χ4v) is 2.66. The number of ether oxygens (including phenoxy) is 1. The van der Waals surface area contributed by atoms with Crippen LogP contribution < -0.4 is 4.74 Å². The third kappa shape index (κ3) is 4.06. The maximum atomic E-state index is 12.2. The second-order valence-corrected chi connectivity index (χ2v) is 6.09. The molecule has 2 aromatic heterocycles. The van der Waals surface area contributed by atoms with Crippen LogP contribution >= 0.6 is 11.6 Å². The summed E-state index contributed by atoms with van der Waals surface area (Å²) in [5.74, 6) is 1.85. The second kappa shape index (κ2) is 8.06. The van der Waals surface area contributed by atoms with Crippen molar-refractivity contribution >= 4 is 23.5 Å². The van der Waals surface area contributed by atoms with Gasteiger partial charge < -0.3 is 9.15 Å². The molecule has 0 radical (unpaired) electrons. The SMILES string of the molecule is CCn1nccc1C(=O)/C=C/c1ccc(COc2cccc(Cl)c2C)o1. The number of ketones is 1. The number of benzene rings is 1. The van der Waals surface area contributed by atoms with E-state index in [9.17, 15) is 4.79 Å². The van der Waals surface area contributed by atoms with Crippen molar-refractivity contribution in [3.63, 3.8) is 0 Å². The van der Waals surface area contributed by atoms with Gasteiger partial charge in [0.25, 0.3) is 0 Å². The number of rotatable bonds is 7. The number of aromatic nitrogens is 2. The van der Waals surface area contributed by atoms with Gasteiger partial charge in [0.05, 0.1) is 0 Å². The minimum Gasteiger partial charge on any atom is -0.485 e. The summed E-state index contributed by atoms with van der Waals surface area (Å²) >= 11 is 6.08. The summed E-state index contributed by atoms with van der Waals surface area (Å²) < 4.78 is 13.1. The zero-order chi connectivity index (χ0) is 18.5. The van der Waals surface area contributed by atoms with E-state index in [1.807, 2.05) is 38.1 Å². The van der Waals surface area contributed by atoms with Crippen LogP contribution in [-0.4, -0.2) is 15.6 Å². The maximum Gasteiger partial charge on any atom is 0.203 e. The molecule has 0 saturated heterocycles. The van der Waals surface area contributed by atoms with Crippen molar-refractivity contribution < 1.29 is 13.9 Å². The molecule has 0 aliphatic carbocycles. The van der Waals surface area contributed by atoms with Gasteiger partial charge in [0.15, 0.2) is 0 Å². The summed E-state index contributed by atoms with van der Waals surface area (Å²) in [6.07, 6.45) is 4.74. The van der Waals surface area contributed by atoms with E-state index in [4.69, 9.17) is 20.8 Å². The number of carbonyl (C=O) groups is 1. The Kier molecular flexibility index (Phi) is 5.58. The first-order valence-electron chi connectivity index (χ1n) is 8.29. The molecule has 134 valence electrons. The number of halogens is 1. The van der Waals surface area contributed by atoms with Crippen molar-refractivity contribution in [2.24, 2.45) is 0 Å². The van der Waals surface area contributed by atoms with E-state index in [-0.39, 0.29) is 12.4 Å². The minimum atomic E-state index is -0.117. The van der Waals surface area contributed by atoms with E-state index >= 15 is 0 Å². The molecule has 3 aromatic rings. The van der Waals surface area contributed by atoms with Crippen LogP contribution in [0.3, 0.4) is 0 Å². The van der Waals surface area contributed by atoms with Gasteiger partial charge in [0.1, 0.15) is 29.6 Å². The Hall–Kier alpha value is -2.79. The Labute approximate surface area is 156 Å². The highest BCUT2D eigenvalue weighted by molar-refractivity contribution is 6.31. The highest BCUT2D eigenvalue weighted by atomic mass is 35.5. The zero-order valence-corrected chi connectivity index (χ0v) is 15.4. The summed E-state index contributed by atoms with van der Waals surface area (Å²) in [5.41, 5.74) is 1.44. The van der Waals surface area contributed by atoms with Crippen LogP contribution in [0.1, 0.15) is 34.5 Å². The van der Waals surface area contributed by atoms with Crippen LogP contribution in [0.2, 0.25) is 5.02 Å². The molecule has 0 amide bonds. The van der Waals surface area contributed by atoms with E-state index in [1.165, 1.54) is 6.08 Å². The molecule has 0 bridgehead atoms. The normalized spacial score (nSPS) is 11.2. The van der Waals surface area contributed by atoms with Crippen molar-refractivity contribution in [1.29, 1.82) is 0 Å². The van der Waals surface area contributed by atoms with Crippen molar-refractivity contribution in [1.82, 2.24) is 9.78 Å². The van der Waals surface area contributed by atoms with Gasteiger partial charge in [-0.05, 0) is 56.3 Å². The molecule has 0 aliphatic rings. The van der Waals surface area contributed by atoms with Crippen molar-refractivity contribution in [2.75, 3.05) is 0 Å². The zero-order valence-electron chi connectivity index (χ0n) is 14.6. The van der Waals surface area contributed by atoms with Crippen LogP contribution in [0.4, 0.5) is 0 Å². The van der Waals surface area contributed by atoms with Crippen LogP contribution in [-0.2, 0) is 13.2 Å². The van der Waals surface area contributed by atoms with Gasteiger partial charge in [-0.1, -0.05) is 17.7 Å². The van der Waals surface area contributed by atoms with E-state index in [0.717, 1.165) is 5.56 Å². The van der Waals surface area contributed by atoms with Crippen molar-refractivity contribution in [3.8, 4) is 5.75 Å². The van der Waals surface area contributed by atoms with Crippen molar-refractivity contribution in [3.05, 3.63) is 76.5 Å². The number of furan rings is 1. The van der Waals surface area contributed by atoms with Gasteiger partial charge in [-0.3, -0.25) is 9.48 Å². The molecule has 26 heavy (non-hydrogen) atoms. The highest BCUT2D eigenvalue weighted by Crippen LogP contribution is 2.26. The average Bonchev–Trinajstić information content (AvgIpc) is 3.30. The van der Waals surface area contributed by atoms with Gasteiger partial charge in [-0.15, -0.1) is 0 Å². The first-order valence-corrected chi connectivity index (χ1v) is 8.67. The predicted octanol–water partition coefficient (Wildman–Crippen LogP) is 4.93. The average molecular weight is 371 g/mol. The molecule has 0 N–H and O–H groups in total. The Morgan fingerprint density at radius 2 is 2.15 bits per heavy atom. The first kappa shape index (κ1) is 18.0. The second-order valence-electron chi connectivity index (χ2n) is 5.69. The number of carbonyl (C=O) groups excluding carboxylic acids is 1. The Morgan fingerprint density at radius 3 is 2.96 bits per heavy atom. The quantitative estimate of drug-likeness (QED) is 0.437. The lowest BCUT2D eigenvalue weighted by molar-refractivity contribution is 0.103. The smallest absolute Gasteiger partial charge is 0.203 e. The minimum absolute atomic E-state index is 0.117. The summed E-state index contributed by atoms with van der Waals surface area (Å²) in [5, 5.41) is 4.76. The molecule has 0 saturated carbocycles. The standard InChI is InChI=1S/C20H19ClN2O3/c1-3-23-18(11-12-22-23)19(24)10-9-15-7-8-16(26-15)13-25-20-6-4-5-17(21)14(20)2/h4-12H,3,13H2,1-2H3/b10-9+. The molecule has 0 fully saturated rings. The largest absolute Gasteiger partial charge is 0.485 e.